The van der Waals surface area contributed by atoms with Gasteiger partial charge in [0.25, 0.3) is 0 Å². The molecule has 1 aromatic carbocycles. The Labute approximate surface area is 81.0 Å². The van der Waals surface area contributed by atoms with E-state index in [2.05, 4.69) is 0 Å². The van der Waals surface area contributed by atoms with E-state index in [0.717, 1.165) is 0 Å². The average molecular weight is 192 g/mol. The summed E-state index contributed by atoms with van der Waals surface area (Å²) in [7, 11) is 0. The highest BCUT2D eigenvalue weighted by atomic mass is 19.1. The maximum absolute atomic E-state index is 13.0. The first-order valence-electron chi connectivity index (χ1n) is 4.10. The number of halogens is 1. The maximum Gasteiger partial charge on any atom is 0.217 e. The lowest BCUT2D eigenvalue weighted by molar-refractivity contribution is -0.117. The summed E-state index contributed by atoms with van der Waals surface area (Å²) in [6.07, 6.45) is 0.587. The van der Waals surface area contributed by atoms with E-state index in [0.29, 0.717) is 12.0 Å². The molecule has 72 valence electrons. The van der Waals surface area contributed by atoms with Crippen molar-refractivity contribution < 1.29 is 9.18 Å². The van der Waals surface area contributed by atoms with Gasteiger partial charge in [-0.1, -0.05) is 6.07 Å². The largest absolute Gasteiger partial charge is 0.370 e. The molecule has 1 aromatic rings. The highest BCUT2D eigenvalue weighted by Gasteiger charge is 2.03. The SMILES string of the molecule is N#Cc1ccc(CCC(N)=O)cc1F. The van der Waals surface area contributed by atoms with Gasteiger partial charge in [0.1, 0.15) is 11.9 Å². The fourth-order valence-corrected chi connectivity index (χ4v) is 1.07. The predicted molar refractivity (Wildman–Crippen MR) is 48.6 cm³/mol. The molecule has 0 saturated carbocycles. The second kappa shape index (κ2) is 4.38. The molecule has 4 heteroatoms. The molecule has 2 N–H and O–H groups in total. The number of nitrogens with two attached hydrogens (primary N) is 1. The lowest BCUT2D eigenvalue weighted by Gasteiger charge is -1.99. The number of hydrogen-bond donors (Lipinski definition) is 1. The van der Waals surface area contributed by atoms with E-state index in [1.807, 2.05) is 0 Å². The Morgan fingerprint density at radius 1 is 1.57 bits per heavy atom. The van der Waals surface area contributed by atoms with E-state index in [9.17, 15) is 9.18 Å². The van der Waals surface area contributed by atoms with E-state index in [1.165, 1.54) is 12.1 Å². The summed E-state index contributed by atoms with van der Waals surface area (Å²) >= 11 is 0. The van der Waals surface area contributed by atoms with Crippen LogP contribution in [0.4, 0.5) is 4.39 Å². The zero-order chi connectivity index (χ0) is 10.6. The van der Waals surface area contributed by atoms with Gasteiger partial charge >= 0.3 is 0 Å². The fourth-order valence-electron chi connectivity index (χ4n) is 1.07. The van der Waals surface area contributed by atoms with E-state index in [4.69, 9.17) is 11.0 Å². The Bertz CT molecular complexity index is 396. The molecule has 0 spiro atoms. The minimum Gasteiger partial charge on any atom is -0.370 e. The number of carbonyl (C=O) groups is 1. The third-order valence-electron chi connectivity index (χ3n) is 1.81. The summed E-state index contributed by atoms with van der Waals surface area (Å²) in [4.78, 5) is 10.5. The molecular weight excluding hydrogens is 183 g/mol. The van der Waals surface area contributed by atoms with Crippen LogP contribution in [0.5, 0.6) is 0 Å². The van der Waals surface area contributed by atoms with Crippen molar-refractivity contribution in [3.8, 4) is 6.07 Å². The lowest BCUT2D eigenvalue weighted by Crippen LogP contribution is -2.11. The van der Waals surface area contributed by atoms with Crippen molar-refractivity contribution in [3.05, 3.63) is 35.1 Å². The van der Waals surface area contributed by atoms with Gasteiger partial charge in [0.05, 0.1) is 5.56 Å². The summed E-state index contributed by atoms with van der Waals surface area (Å²) in [5.41, 5.74) is 5.62. The Hall–Kier alpha value is -1.89. The normalized spacial score (nSPS) is 9.43. The highest BCUT2D eigenvalue weighted by Crippen LogP contribution is 2.10. The number of aryl methyl sites for hydroxylation is 1. The lowest BCUT2D eigenvalue weighted by atomic mass is 10.1. The average Bonchev–Trinajstić information content (AvgIpc) is 2.15. The van der Waals surface area contributed by atoms with Gasteiger partial charge in [-0.15, -0.1) is 0 Å². The minimum absolute atomic E-state index is 0.00725. The molecule has 0 heterocycles. The predicted octanol–water partition coefficient (Wildman–Crippen LogP) is 1.12. The topological polar surface area (TPSA) is 66.9 Å². The molecule has 0 fully saturated rings. The number of primary amides is 1. The molecule has 0 bridgehead atoms. The van der Waals surface area contributed by atoms with Crippen LogP contribution in [-0.2, 0) is 11.2 Å². The summed E-state index contributed by atoms with van der Waals surface area (Å²) in [6, 6.07) is 5.98. The van der Waals surface area contributed by atoms with Gasteiger partial charge in [0, 0.05) is 6.42 Å². The van der Waals surface area contributed by atoms with Crippen molar-refractivity contribution in [2.75, 3.05) is 0 Å². The van der Waals surface area contributed by atoms with Gasteiger partial charge in [-0.3, -0.25) is 4.79 Å². The Balaban J connectivity index is 2.77. The van der Waals surface area contributed by atoms with E-state index in [1.54, 1.807) is 12.1 Å². The molecule has 14 heavy (non-hydrogen) atoms. The van der Waals surface area contributed by atoms with Crippen LogP contribution in [0.15, 0.2) is 18.2 Å². The van der Waals surface area contributed by atoms with Crippen molar-refractivity contribution in [3.63, 3.8) is 0 Å². The van der Waals surface area contributed by atoms with Gasteiger partial charge in [-0.05, 0) is 24.1 Å². The first-order valence-corrected chi connectivity index (χ1v) is 4.10. The van der Waals surface area contributed by atoms with Gasteiger partial charge in [0.15, 0.2) is 0 Å². The zero-order valence-corrected chi connectivity index (χ0v) is 7.46. The molecule has 0 aliphatic heterocycles. The van der Waals surface area contributed by atoms with Crippen molar-refractivity contribution in [1.82, 2.24) is 0 Å². The second-order valence-electron chi connectivity index (χ2n) is 2.89. The molecule has 1 rings (SSSR count). The molecule has 3 nitrogen and oxygen atoms in total. The van der Waals surface area contributed by atoms with E-state index < -0.39 is 11.7 Å². The fraction of sp³-hybridized carbons (Fsp3) is 0.200. The van der Waals surface area contributed by atoms with Crippen LogP contribution in [0, 0.1) is 17.1 Å². The molecule has 0 unspecified atom stereocenters. The third kappa shape index (κ3) is 2.56. The number of benzene rings is 1. The van der Waals surface area contributed by atoms with Crippen LogP contribution in [-0.4, -0.2) is 5.91 Å². The van der Waals surface area contributed by atoms with Crippen LogP contribution >= 0.6 is 0 Å². The van der Waals surface area contributed by atoms with Crippen molar-refractivity contribution in [1.29, 1.82) is 5.26 Å². The standard InChI is InChI=1S/C10H9FN2O/c11-9-5-7(2-4-10(13)14)1-3-8(9)6-12/h1,3,5H,2,4H2,(H2,13,14). The summed E-state index contributed by atoms with van der Waals surface area (Å²) < 4.78 is 13.0. The molecule has 0 aromatic heterocycles. The molecule has 0 atom stereocenters. The molecule has 0 saturated heterocycles. The summed E-state index contributed by atoms with van der Waals surface area (Å²) in [6.45, 7) is 0. The van der Waals surface area contributed by atoms with Crippen LogP contribution in [0.2, 0.25) is 0 Å². The number of amides is 1. The van der Waals surface area contributed by atoms with E-state index >= 15 is 0 Å². The van der Waals surface area contributed by atoms with Crippen LogP contribution in [0.3, 0.4) is 0 Å². The van der Waals surface area contributed by atoms with Gasteiger partial charge in [0.2, 0.25) is 5.91 Å². The number of rotatable bonds is 3. The van der Waals surface area contributed by atoms with Crippen LogP contribution in [0.25, 0.3) is 0 Å². The highest BCUT2D eigenvalue weighted by molar-refractivity contribution is 5.74. The van der Waals surface area contributed by atoms with Gasteiger partial charge in [-0.25, -0.2) is 4.39 Å². The zero-order valence-electron chi connectivity index (χ0n) is 7.46. The quantitative estimate of drug-likeness (QED) is 0.779. The second-order valence-corrected chi connectivity index (χ2v) is 2.89. The Kier molecular flexibility index (Phi) is 3.19. The van der Waals surface area contributed by atoms with Crippen molar-refractivity contribution in [2.45, 2.75) is 12.8 Å². The smallest absolute Gasteiger partial charge is 0.217 e. The first-order chi connectivity index (χ1) is 6.63. The molecule has 1 amide bonds. The van der Waals surface area contributed by atoms with Gasteiger partial charge < -0.3 is 5.73 Å². The molecule has 0 aliphatic rings. The van der Waals surface area contributed by atoms with Crippen LogP contribution in [0.1, 0.15) is 17.5 Å². The van der Waals surface area contributed by atoms with Gasteiger partial charge in [-0.2, -0.15) is 5.26 Å². The third-order valence-corrected chi connectivity index (χ3v) is 1.81. The number of nitriles is 1. The molecular formula is C10H9FN2O. The number of nitrogens with zero attached hydrogens (tertiary/aromatic N) is 1. The molecule has 0 aliphatic carbocycles. The molecule has 0 radical (unpaired) electrons. The summed E-state index contributed by atoms with van der Waals surface area (Å²) in [5.74, 6) is -0.982. The maximum atomic E-state index is 13.0. The monoisotopic (exact) mass is 192 g/mol. The van der Waals surface area contributed by atoms with Crippen molar-refractivity contribution >= 4 is 5.91 Å². The Morgan fingerprint density at radius 2 is 2.29 bits per heavy atom. The van der Waals surface area contributed by atoms with E-state index in [-0.39, 0.29) is 12.0 Å². The number of carbonyl (C=O) groups excluding carboxylic acids is 1. The van der Waals surface area contributed by atoms with Crippen molar-refractivity contribution in [2.24, 2.45) is 5.73 Å². The minimum atomic E-state index is -0.561. The Morgan fingerprint density at radius 3 is 2.79 bits per heavy atom. The van der Waals surface area contributed by atoms with Crippen LogP contribution < -0.4 is 5.73 Å². The first kappa shape index (κ1) is 10.2. The number of hydrogen-bond acceptors (Lipinski definition) is 2. The summed E-state index contributed by atoms with van der Waals surface area (Å²) in [5, 5.41) is 8.46.